The fourth-order valence-electron chi connectivity index (χ4n) is 1.98. The van der Waals surface area contributed by atoms with Crippen LogP contribution in [-0.4, -0.2) is 31.4 Å². The Morgan fingerprint density at radius 3 is 2.95 bits per heavy atom. The van der Waals surface area contributed by atoms with Crippen molar-refractivity contribution in [2.24, 2.45) is 0 Å². The Kier molecular flexibility index (Phi) is 5.49. The van der Waals surface area contributed by atoms with E-state index in [1.807, 2.05) is 0 Å². The topological polar surface area (TPSA) is 44.8 Å². The van der Waals surface area contributed by atoms with Crippen molar-refractivity contribution < 1.29 is 23.4 Å². The molecule has 1 aliphatic rings. The summed E-state index contributed by atoms with van der Waals surface area (Å²) in [7, 11) is 0. The fraction of sp³-hybridized carbons (Fsp3) is 0.533. The van der Waals surface area contributed by atoms with Crippen molar-refractivity contribution in [3.8, 4) is 5.75 Å². The van der Waals surface area contributed by atoms with Gasteiger partial charge in [0, 0.05) is 6.61 Å². The second-order valence-electron chi connectivity index (χ2n) is 4.82. The molecule has 1 aromatic carbocycles. The molecule has 0 spiro atoms. The molecule has 0 N–H and O–H groups in total. The minimum absolute atomic E-state index is 0.0347. The van der Waals surface area contributed by atoms with Crippen LogP contribution in [0.5, 0.6) is 5.75 Å². The predicted octanol–water partition coefficient (Wildman–Crippen LogP) is 2.71. The first-order valence-corrected chi connectivity index (χ1v) is 6.86. The number of carbonyl (C=O) groups is 1. The first kappa shape index (κ1) is 14.9. The summed E-state index contributed by atoms with van der Waals surface area (Å²) in [6, 6.07) is 5.79. The van der Waals surface area contributed by atoms with Crippen LogP contribution in [0.1, 0.15) is 26.2 Å². The van der Waals surface area contributed by atoms with Crippen LogP contribution in [0.25, 0.3) is 0 Å². The molecule has 1 saturated heterocycles. The lowest BCUT2D eigenvalue weighted by Crippen LogP contribution is -2.31. The van der Waals surface area contributed by atoms with Crippen molar-refractivity contribution >= 4 is 5.97 Å². The van der Waals surface area contributed by atoms with Crippen LogP contribution >= 0.6 is 0 Å². The molecule has 4 nitrogen and oxygen atoms in total. The molecule has 20 heavy (non-hydrogen) atoms. The van der Waals surface area contributed by atoms with Crippen molar-refractivity contribution in [1.29, 1.82) is 0 Å². The van der Waals surface area contributed by atoms with E-state index >= 15 is 0 Å². The standard InChI is InChI=1S/C15H19FO4/c1-11(19-10-12-6-4-5-9-18-12)15(17)20-14-8-3-2-7-13(14)16/h2-3,7-8,11-12H,4-6,9-10H2,1H3. The molecule has 0 aliphatic carbocycles. The number of benzene rings is 1. The number of halogens is 1. The lowest BCUT2D eigenvalue weighted by molar-refractivity contribution is -0.149. The molecular weight excluding hydrogens is 263 g/mol. The third-order valence-corrected chi connectivity index (χ3v) is 3.19. The molecule has 2 unspecified atom stereocenters. The van der Waals surface area contributed by atoms with E-state index in [9.17, 15) is 9.18 Å². The van der Waals surface area contributed by atoms with E-state index in [-0.39, 0.29) is 11.9 Å². The van der Waals surface area contributed by atoms with Crippen LogP contribution in [0, 0.1) is 5.82 Å². The van der Waals surface area contributed by atoms with Gasteiger partial charge in [-0.2, -0.15) is 0 Å². The summed E-state index contributed by atoms with van der Waals surface area (Å²) < 4.78 is 29.3. The third kappa shape index (κ3) is 4.28. The predicted molar refractivity (Wildman–Crippen MR) is 71.0 cm³/mol. The number of esters is 1. The van der Waals surface area contributed by atoms with Gasteiger partial charge >= 0.3 is 5.97 Å². The molecule has 0 aromatic heterocycles. The van der Waals surface area contributed by atoms with E-state index in [4.69, 9.17) is 14.2 Å². The highest BCUT2D eigenvalue weighted by Gasteiger charge is 2.21. The SMILES string of the molecule is CC(OCC1CCCCO1)C(=O)Oc1ccccc1F. The lowest BCUT2D eigenvalue weighted by Gasteiger charge is -2.23. The molecule has 110 valence electrons. The Morgan fingerprint density at radius 1 is 1.45 bits per heavy atom. The maximum atomic E-state index is 13.4. The van der Waals surface area contributed by atoms with E-state index in [0.717, 1.165) is 25.9 Å². The number of para-hydroxylation sites is 1. The van der Waals surface area contributed by atoms with E-state index in [2.05, 4.69) is 0 Å². The quantitative estimate of drug-likeness (QED) is 0.615. The van der Waals surface area contributed by atoms with Gasteiger partial charge in [-0.05, 0) is 38.3 Å². The minimum Gasteiger partial charge on any atom is -0.421 e. The zero-order valence-corrected chi connectivity index (χ0v) is 11.5. The van der Waals surface area contributed by atoms with Gasteiger partial charge in [-0.25, -0.2) is 9.18 Å². The summed E-state index contributed by atoms with van der Waals surface area (Å²) in [5.41, 5.74) is 0. The Balaban J connectivity index is 1.78. The molecular formula is C15H19FO4. The third-order valence-electron chi connectivity index (χ3n) is 3.19. The zero-order chi connectivity index (χ0) is 14.4. The van der Waals surface area contributed by atoms with E-state index in [1.165, 1.54) is 18.2 Å². The molecule has 1 fully saturated rings. The van der Waals surface area contributed by atoms with Crippen molar-refractivity contribution in [3.05, 3.63) is 30.1 Å². The number of ether oxygens (including phenoxy) is 3. The smallest absolute Gasteiger partial charge is 0.340 e. The number of hydrogen-bond acceptors (Lipinski definition) is 4. The zero-order valence-electron chi connectivity index (χ0n) is 11.5. The molecule has 1 aliphatic heterocycles. The first-order chi connectivity index (χ1) is 9.66. The van der Waals surface area contributed by atoms with Gasteiger partial charge in [-0.3, -0.25) is 0 Å². The second kappa shape index (κ2) is 7.36. The van der Waals surface area contributed by atoms with Crippen LogP contribution in [-0.2, 0) is 14.3 Å². The lowest BCUT2D eigenvalue weighted by atomic mass is 10.1. The van der Waals surface area contributed by atoms with Gasteiger partial charge < -0.3 is 14.2 Å². The molecule has 0 saturated carbocycles. The van der Waals surface area contributed by atoms with Crippen molar-refractivity contribution in [3.63, 3.8) is 0 Å². The van der Waals surface area contributed by atoms with E-state index in [0.29, 0.717) is 6.61 Å². The Labute approximate surface area is 117 Å². The molecule has 1 heterocycles. The van der Waals surface area contributed by atoms with Crippen LogP contribution in [0.2, 0.25) is 0 Å². The first-order valence-electron chi connectivity index (χ1n) is 6.86. The molecule has 2 rings (SSSR count). The largest absolute Gasteiger partial charge is 0.421 e. The Hall–Kier alpha value is -1.46. The number of rotatable bonds is 5. The van der Waals surface area contributed by atoms with Crippen LogP contribution < -0.4 is 4.74 Å². The maximum absolute atomic E-state index is 13.4. The fourth-order valence-corrected chi connectivity index (χ4v) is 1.98. The molecule has 5 heteroatoms. The summed E-state index contributed by atoms with van der Waals surface area (Å²) >= 11 is 0. The average Bonchev–Trinajstić information content (AvgIpc) is 2.48. The molecule has 0 amide bonds. The summed E-state index contributed by atoms with van der Waals surface area (Å²) in [5.74, 6) is -1.25. The summed E-state index contributed by atoms with van der Waals surface area (Å²) in [6.45, 7) is 2.68. The molecule has 0 bridgehead atoms. The molecule has 1 aromatic rings. The van der Waals surface area contributed by atoms with Crippen molar-refractivity contribution in [2.75, 3.05) is 13.2 Å². The van der Waals surface area contributed by atoms with Gasteiger partial charge in [-0.15, -0.1) is 0 Å². The highest BCUT2D eigenvalue weighted by molar-refractivity contribution is 5.76. The normalized spacial score (nSPS) is 20.4. The molecule has 2 atom stereocenters. The highest BCUT2D eigenvalue weighted by atomic mass is 19.1. The van der Waals surface area contributed by atoms with Crippen LogP contribution in [0.4, 0.5) is 4.39 Å². The van der Waals surface area contributed by atoms with Gasteiger partial charge in [0.15, 0.2) is 17.7 Å². The molecule has 0 radical (unpaired) electrons. The van der Waals surface area contributed by atoms with Gasteiger partial charge in [-0.1, -0.05) is 12.1 Å². The van der Waals surface area contributed by atoms with Crippen molar-refractivity contribution in [1.82, 2.24) is 0 Å². The second-order valence-corrected chi connectivity index (χ2v) is 4.82. The van der Waals surface area contributed by atoms with Crippen LogP contribution in [0.15, 0.2) is 24.3 Å². The average molecular weight is 282 g/mol. The Morgan fingerprint density at radius 2 is 2.25 bits per heavy atom. The maximum Gasteiger partial charge on any atom is 0.340 e. The van der Waals surface area contributed by atoms with Gasteiger partial charge in [0.2, 0.25) is 0 Å². The number of carbonyl (C=O) groups excluding carboxylic acids is 1. The highest BCUT2D eigenvalue weighted by Crippen LogP contribution is 2.17. The summed E-state index contributed by atoms with van der Waals surface area (Å²) in [5, 5.41) is 0. The van der Waals surface area contributed by atoms with Gasteiger partial charge in [0.25, 0.3) is 0 Å². The van der Waals surface area contributed by atoms with Crippen molar-refractivity contribution in [2.45, 2.75) is 38.4 Å². The minimum atomic E-state index is -0.750. The van der Waals surface area contributed by atoms with E-state index in [1.54, 1.807) is 13.0 Å². The van der Waals surface area contributed by atoms with Gasteiger partial charge in [0.1, 0.15) is 0 Å². The summed E-state index contributed by atoms with van der Waals surface area (Å²) in [4.78, 5) is 11.8. The number of hydrogen-bond donors (Lipinski definition) is 0. The Bertz CT molecular complexity index is 443. The summed E-state index contributed by atoms with van der Waals surface area (Å²) in [6.07, 6.45) is 2.41. The van der Waals surface area contributed by atoms with Gasteiger partial charge in [0.05, 0.1) is 12.7 Å². The van der Waals surface area contributed by atoms with Crippen LogP contribution in [0.3, 0.4) is 0 Å². The monoisotopic (exact) mass is 282 g/mol. The van der Waals surface area contributed by atoms with E-state index < -0.39 is 17.9 Å².